The van der Waals surface area contributed by atoms with E-state index in [1.807, 2.05) is 42.5 Å². The van der Waals surface area contributed by atoms with E-state index in [4.69, 9.17) is 16.3 Å². The molecule has 3 heteroatoms. The number of carbonyl (C=O) groups excluding carboxylic acids is 1. The van der Waals surface area contributed by atoms with Crippen molar-refractivity contribution in [1.29, 1.82) is 0 Å². The Balaban J connectivity index is 2.26. The maximum Gasteiger partial charge on any atom is 0.172 e. The molecule has 1 aromatic rings. The zero-order valence-corrected chi connectivity index (χ0v) is 13.3. The van der Waals surface area contributed by atoms with Gasteiger partial charge in [0.05, 0.1) is 0 Å². The summed E-state index contributed by atoms with van der Waals surface area (Å²) in [6.45, 7) is 4.88. The van der Waals surface area contributed by atoms with Crippen molar-refractivity contribution < 1.29 is 9.53 Å². The van der Waals surface area contributed by atoms with Crippen molar-refractivity contribution in [2.45, 2.75) is 31.7 Å². The van der Waals surface area contributed by atoms with Crippen LogP contribution in [0.1, 0.15) is 32.3 Å². The summed E-state index contributed by atoms with van der Waals surface area (Å²) in [4.78, 5) is 11.1. The van der Waals surface area contributed by atoms with Gasteiger partial charge in [0.2, 0.25) is 0 Å². The first-order valence-electron chi connectivity index (χ1n) is 7.30. The summed E-state index contributed by atoms with van der Waals surface area (Å²) in [6, 6.07) is 9.93. The number of hydrogen-bond acceptors (Lipinski definition) is 2. The highest BCUT2D eigenvalue weighted by molar-refractivity contribution is 6.29. The van der Waals surface area contributed by atoms with Crippen LogP contribution in [0.5, 0.6) is 0 Å². The lowest BCUT2D eigenvalue weighted by Crippen LogP contribution is -2.31. The van der Waals surface area contributed by atoms with Crippen molar-refractivity contribution >= 4 is 23.5 Å². The molecule has 0 amide bonds. The van der Waals surface area contributed by atoms with E-state index in [1.165, 1.54) is 0 Å². The molecule has 0 saturated carbocycles. The third-order valence-corrected chi connectivity index (χ3v) is 4.01. The Bertz CT molecular complexity index is 546. The second-order valence-electron chi connectivity index (χ2n) is 5.74. The Morgan fingerprint density at radius 2 is 2.00 bits per heavy atom. The van der Waals surface area contributed by atoms with Crippen molar-refractivity contribution in [3.63, 3.8) is 0 Å². The van der Waals surface area contributed by atoms with Gasteiger partial charge in [0.15, 0.2) is 5.06 Å². The fourth-order valence-electron chi connectivity index (χ4n) is 2.33. The molecular weight excluding hydrogens is 284 g/mol. The minimum absolute atomic E-state index is 0.400. The molecule has 112 valence electrons. The third kappa shape index (κ3) is 4.05. The van der Waals surface area contributed by atoms with Gasteiger partial charge in [-0.05, 0) is 23.5 Å². The van der Waals surface area contributed by atoms with E-state index in [0.29, 0.717) is 24.5 Å². The quantitative estimate of drug-likeness (QED) is 0.567. The van der Waals surface area contributed by atoms with Gasteiger partial charge in [0, 0.05) is 18.6 Å². The van der Waals surface area contributed by atoms with Crippen LogP contribution in [-0.4, -0.2) is 18.0 Å². The number of benzene rings is 1. The van der Waals surface area contributed by atoms with Crippen LogP contribution in [0.25, 0.3) is 5.57 Å². The molecule has 1 aromatic carbocycles. The number of allylic oxidation sites excluding steroid dienone is 2. The first kappa shape index (κ1) is 16.0. The predicted molar refractivity (Wildman–Crippen MR) is 87.2 cm³/mol. The molecule has 0 fully saturated rings. The largest absolute Gasteiger partial charge is 0.355 e. The summed E-state index contributed by atoms with van der Waals surface area (Å²) in [7, 11) is 0. The molecule has 21 heavy (non-hydrogen) atoms. The molecule has 0 heterocycles. The molecule has 0 saturated heterocycles. The van der Waals surface area contributed by atoms with E-state index in [9.17, 15) is 4.79 Å². The highest BCUT2D eigenvalue weighted by atomic mass is 35.5. The van der Waals surface area contributed by atoms with Crippen molar-refractivity contribution in [2.75, 3.05) is 6.61 Å². The van der Waals surface area contributed by atoms with E-state index in [2.05, 4.69) is 13.8 Å². The number of ether oxygens (including phenoxy) is 1. The average molecular weight is 305 g/mol. The zero-order valence-electron chi connectivity index (χ0n) is 12.5. The van der Waals surface area contributed by atoms with Crippen LogP contribution in [0.2, 0.25) is 0 Å². The van der Waals surface area contributed by atoms with E-state index < -0.39 is 5.06 Å². The second-order valence-corrected chi connectivity index (χ2v) is 6.35. The summed E-state index contributed by atoms with van der Waals surface area (Å²) in [5.41, 5.74) is 2.60. The zero-order chi connectivity index (χ0) is 15.3. The normalized spacial score (nSPS) is 21.9. The first-order chi connectivity index (χ1) is 10.0. The molecule has 2 rings (SSSR count). The average Bonchev–Trinajstić information content (AvgIpc) is 2.47. The van der Waals surface area contributed by atoms with Crippen LogP contribution in [0.4, 0.5) is 0 Å². The lowest BCUT2D eigenvalue weighted by molar-refractivity contribution is -0.105. The summed E-state index contributed by atoms with van der Waals surface area (Å²) in [5.74, 6) is 0.555. The maximum atomic E-state index is 11.1. The van der Waals surface area contributed by atoms with E-state index in [0.717, 1.165) is 23.8 Å². The van der Waals surface area contributed by atoms with Gasteiger partial charge in [-0.2, -0.15) is 0 Å². The number of carbonyl (C=O) groups is 1. The topological polar surface area (TPSA) is 26.3 Å². The minimum atomic E-state index is -0.957. The van der Waals surface area contributed by atoms with Crippen LogP contribution < -0.4 is 0 Å². The summed E-state index contributed by atoms with van der Waals surface area (Å²) >= 11 is 6.74. The maximum absolute atomic E-state index is 11.1. The fourth-order valence-corrected chi connectivity index (χ4v) is 2.73. The summed E-state index contributed by atoms with van der Waals surface area (Å²) in [5, 5.41) is -0.957. The first-order valence-corrected chi connectivity index (χ1v) is 7.68. The van der Waals surface area contributed by atoms with Crippen LogP contribution in [0.15, 0.2) is 48.1 Å². The molecule has 0 aliphatic heterocycles. The highest BCUT2D eigenvalue weighted by Crippen LogP contribution is 2.42. The van der Waals surface area contributed by atoms with Gasteiger partial charge in [-0.1, -0.05) is 67.9 Å². The molecule has 1 aliphatic rings. The van der Waals surface area contributed by atoms with Crippen LogP contribution in [0.3, 0.4) is 0 Å². The molecule has 1 aliphatic carbocycles. The SMILES string of the molecule is CC(C)CCOC1(Cl)CC(C=O)=CC=C1c1ccccc1. The molecular formula is C18H21ClO2. The molecule has 0 radical (unpaired) electrons. The molecule has 1 unspecified atom stereocenters. The highest BCUT2D eigenvalue weighted by Gasteiger charge is 2.36. The monoisotopic (exact) mass is 304 g/mol. The standard InChI is InChI=1S/C18H21ClO2/c1-14(2)10-11-21-18(19)12-15(13-20)8-9-17(18)16-6-4-3-5-7-16/h3-9,13-14H,10-12H2,1-2H3. The van der Waals surface area contributed by atoms with Gasteiger partial charge in [-0.15, -0.1) is 0 Å². The molecule has 0 bridgehead atoms. The lowest BCUT2D eigenvalue weighted by Gasteiger charge is -2.33. The smallest absolute Gasteiger partial charge is 0.172 e. The van der Waals surface area contributed by atoms with Gasteiger partial charge < -0.3 is 4.74 Å². The number of aldehydes is 1. The summed E-state index contributed by atoms with van der Waals surface area (Å²) in [6.07, 6.45) is 5.90. The third-order valence-electron chi connectivity index (χ3n) is 3.56. The van der Waals surface area contributed by atoms with Crippen molar-refractivity contribution in [3.05, 3.63) is 53.6 Å². The van der Waals surface area contributed by atoms with Gasteiger partial charge in [-0.25, -0.2) is 0 Å². The lowest BCUT2D eigenvalue weighted by atomic mass is 9.90. The Kier molecular flexibility index (Phi) is 5.38. The molecule has 1 atom stereocenters. The number of rotatable bonds is 6. The number of hydrogen-bond donors (Lipinski definition) is 0. The number of alkyl halides is 1. The predicted octanol–water partition coefficient (Wildman–Crippen LogP) is 4.60. The van der Waals surface area contributed by atoms with Crippen molar-refractivity contribution in [1.82, 2.24) is 0 Å². The Morgan fingerprint density at radius 3 is 2.62 bits per heavy atom. The van der Waals surface area contributed by atoms with Gasteiger partial charge in [0.25, 0.3) is 0 Å². The van der Waals surface area contributed by atoms with Crippen LogP contribution in [0, 0.1) is 5.92 Å². The van der Waals surface area contributed by atoms with E-state index in [-0.39, 0.29) is 0 Å². The Hall–Kier alpha value is -1.38. The van der Waals surface area contributed by atoms with Gasteiger partial charge >= 0.3 is 0 Å². The van der Waals surface area contributed by atoms with Crippen LogP contribution in [-0.2, 0) is 9.53 Å². The number of halogens is 1. The minimum Gasteiger partial charge on any atom is -0.355 e. The van der Waals surface area contributed by atoms with E-state index >= 15 is 0 Å². The van der Waals surface area contributed by atoms with Crippen molar-refractivity contribution in [2.24, 2.45) is 5.92 Å². The molecule has 0 aromatic heterocycles. The molecule has 0 spiro atoms. The fraction of sp³-hybridized carbons (Fsp3) is 0.389. The Labute approximate surface area is 131 Å². The molecule has 0 N–H and O–H groups in total. The molecule has 2 nitrogen and oxygen atoms in total. The second kappa shape index (κ2) is 7.06. The van der Waals surface area contributed by atoms with Gasteiger partial charge in [0.1, 0.15) is 6.29 Å². The summed E-state index contributed by atoms with van der Waals surface area (Å²) < 4.78 is 5.98. The Morgan fingerprint density at radius 1 is 1.29 bits per heavy atom. The van der Waals surface area contributed by atoms with Crippen molar-refractivity contribution in [3.8, 4) is 0 Å². The van der Waals surface area contributed by atoms with Crippen LogP contribution >= 0.6 is 11.6 Å². The van der Waals surface area contributed by atoms with E-state index in [1.54, 1.807) is 0 Å². The van der Waals surface area contributed by atoms with Gasteiger partial charge in [-0.3, -0.25) is 4.79 Å².